The Morgan fingerprint density at radius 2 is 2.00 bits per heavy atom. The lowest BCUT2D eigenvalue weighted by Gasteiger charge is -2.24. The SMILES string of the molecule is Cc1noc(C)c1S(=O)(=O)N1CCCN(C(=O)C2CCCN2)CC1. The summed E-state index contributed by atoms with van der Waals surface area (Å²) in [6.07, 6.45) is 2.49. The lowest BCUT2D eigenvalue weighted by Crippen LogP contribution is -2.45. The third-order valence-corrected chi connectivity index (χ3v) is 6.83. The number of nitrogens with zero attached hydrogens (tertiary/aromatic N) is 3. The first-order chi connectivity index (χ1) is 11.4. The molecule has 0 saturated carbocycles. The van der Waals surface area contributed by atoms with Crippen molar-refractivity contribution in [1.82, 2.24) is 19.7 Å². The van der Waals surface area contributed by atoms with Gasteiger partial charge in [0.15, 0.2) is 5.76 Å². The molecule has 1 unspecified atom stereocenters. The van der Waals surface area contributed by atoms with Crippen LogP contribution in [0.15, 0.2) is 9.42 Å². The molecule has 1 N–H and O–H groups in total. The van der Waals surface area contributed by atoms with E-state index in [1.807, 2.05) is 0 Å². The van der Waals surface area contributed by atoms with Gasteiger partial charge in [0.1, 0.15) is 10.6 Å². The van der Waals surface area contributed by atoms with E-state index in [0.717, 1.165) is 19.4 Å². The van der Waals surface area contributed by atoms with Crippen molar-refractivity contribution in [3.05, 3.63) is 11.5 Å². The molecule has 24 heavy (non-hydrogen) atoms. The second-order valence-corrected chi connectivity index (χ2v) is 8.26. The van der Waals surface area contributed by atoms with Gasteiger partial charge in [-0.05, 0) is 39.7 Å². The van der Waals surface area contributed by atoms with Gasteiger partial charge in [-0.2, -0.15) is 4.31 Å². The van der Waals surface area contributed by atoms with Crippen LogP contribution in [0.1, 0.15) is 30.7 Å². The first-order valence-electron chi connectivity index (χ1n) is 8.36. The Morgan fingerprint density at radius 3 is 2.62 bits per heavy atom. The summed E-state index contributed by atoms with van der Waals surface area (Å²) in [5.41, 5.74) is 0.375. The molecule has 2 saturated heterocycles. The van der Waals surface area contributed by atoms with Crippen LogP contribution < -0.4 is 5.32 Å². The molecule has 3 heterocycles. The molecule has 1 aromatic rings. The average Bonchev–Trinajstić information content (AvgIpc) is 3.10. The molecule has 134 valence electrons. The highest BCUT2D eigenvalue weighted by atomic mass is 32.2. The van der Waals surface area contributed by atoms with Crippen LogP contribution in [0.3, 0.4) is 0 Å². The van der Waals surface area contributed by atoms with Crippen LogP contribution in [0.25, 0.3) is 0 Å². The molecule has 2 aliphatic rings. The van der Waals surface area contributed by atoms with Crippen molar-refractivity contribution in [2.45, 2.75) is 44.0 Å². The summed E-state index contributed by atoms with van der Waals surface area (Å²) >= 11 is 0. The van der Waals surface area contributed by atoms with Crippen LogP contribution in [0.2, 0.25) is 0 Å². The van der Waals surface area contributed by atoms with E-state index in [0.29, 0.717) is 44.1 Å². The summed E-state index contributed by atoms with van der Waals surface area (Å²) in [6, 6.07) is -0.115. The third kappa shape index (κ3) is 3.20. The van der Waals surface area contributed by atoms with E-state index in [9.17, 15) is 13.2 Å². The number of hydrogen-bond acceptors (Lipinski definition) is 6. The van der Waals surface area contributed by atoms with Crippen molar-refractivity contribution in [2.75, 3.05) is 32.7 Å². The summed E-state index contributed by atoms with van der Waals surface area (Å²) in [6.45, 7) is 5.80. The fraction of sp³-hybridized carbons (Fsp3) is 0.733. The molecular formula is C15H24N4O4S. The summed E-state index contributed by atoms with van der Waals surface area (Å²) < 4.78 is 32.2. The van der Waals surface area contributed by atoms with Gasteiger partial charge in [-0.15, -0.1) is 0 Å². The van der Waals surface area contributed by atoms with Gasteiger partial charge >= 0.3 is 0 Å². The summed E-state index contributed by atoms with van der Waals surface area (Å²) in [4.78, 5) is 14.5. The second-order valence-electron chi connectivity index (χ2n) is 6.39. The predicted octanol–water partition coefficient (Wildman–Crippen LogP) is 0.266. The van der Waals surface area contributed by atoms with E-state index in [1.54, 1.807) is 18.7 Å². The molecule has 9 heteroatoms. The van der Waals surface area contributed by atoms with Crippen molar-refractivity contribution < 1.29 is 17.7 Å². The Hall–Kier alpha value is -1.45. The van der Waals surface area contributed by atoms with Crippen molar-refractivity contribution in [3.8, 4) is 0 Å². The molecule has 8 nitrogen and oxygen atoms in total. The molecular weight excluding hydrogens is 332 g/mol. The molecule has 1 atom stereocenters. The van der Waals surface area contributed by atoms with Crippen LogP contribution in [-0.4, -0.2) is 67.5 Å². The highest BCUT2D eigenvalue weighted by Crippen LogP contribution is 2.24. The third-order valence-electron chi connectivity index (χ3n) is 4.69. The Balaban J connectivity index is 1.72. The van der Waals surface area contributed by atoms with Gasteiger partial charge < -0.3 is 14.7 Å². The quantitative estimate of drug-likeness (QED) is 0.835. The zero-order chi connectivity index (χ0) is 17.3. The molecule has 0 bridgehead atoms. The smallest absolute Gasteiger partial charge is 0.248 e. The van der Waals surface area contributed by atoms with Gasteiger partial charge in [-0.1, -0.05) is 5.16 Å². The van der Waals surface area contributed by atoms with E-state index in [2.05, 4.69) is 10.5 Å². The van der Waals surface area contributed by atoms with Gasteiger partial charge in [-0.3, -0.25) is 4.79 Å². The summed E-state index contributed by atoms with van der Waals surface area (Å²) in [5.74, 6) is 0.393. The van der Waals surface area contributed by atoms with E-state index in [4.69, 9.17) is 4.52 Å². The highest BCUT2D eigenvalue weighted by molar-refractivity contribution is 7.89. The van der Waals surface area contributed by atoms with Crippen molar-refractivity contribution in [1.29, 1.82) is 0 Å². The molecule has 2 aliphatic heterocycles. The van der Waals surface area contributed by atoms with Crippen LogP contribution in [0.4, 0.5) is 0 Å². The van der Waals surface area contributed by atoms with E-state index < -0.39 is 10.0 Å². The molecule has 1 aromatic heterocycles. The van der Waals surface area contributed by atoms with E-state index in [-0.39, 0.29) is 16.8 Å². The van der Waals surface area contributed by atoms with Crippen molar-refractivity contribution in [2.24, 2.45) is 0 Å². The van der Waals surface area contributed by atoms with E-state index in [1.165, 1.54) is 4.31 Å². The zero-order valence-corrected chi connectivity index (χ0v) is 14.9. The number of carbonyl (C=O) groups is 1. The first-order valence-corrected chi connectivity index (χ1v) is 9.80. The normalized spacial score (nSPS) is 23.4. The summed E-state index contributed by atoms with van der Waals surface area (Å²) in [5, 5.41) is 6.95. The van der Waals surface area contributed by atoms with Crippen LogP contribution >= 0.6 is 0 Å². The number of sulfonamides is 1. The molecule has 2 fully saturated rings. The van der Waals surface area contributed by atoms with E-state index >= 15 is 0 Å². The fourth-order valence-corrected chi connectivity index (χ4v) is 5.20. The number of hydrogen-bond donors (Lipinski definition) is 1. The Kier molecular flexibility index (Phi) is 4.93. The number of aryl methyl sites for hydroxylation is 2. The maximum absolute atomic E-state index is 12.9. The number of amides is 1. The summed E-state index contributed by atoms with van der Waals surface area (Å²) in [7, 11) is -3.65. The minimum Gasteiger partial charge on any atom is -0.360 e. The maximum atomic E-state index is 12.9. The van der Waals surface area contributed by atoms with Gasteiger partial charge in [0.2, 0.25) is 15.9 Å². The van der Waals surface area contributed by atoms with Crippen LogP contribution in [-0.2, 0) is 14.8 Å². The standard InChI is InChI=1S/C15H24N4O4S/c1-11-14(12(2)23-17-11)24(21,22)19-8-4-7-18(9-10-19)15(20)13-5-3-6-16-13/h13,16H,3-10H2,1-2H3. The average molecular weight is 356 g/mol. The molecule has 0 radical (unpaired) electrons. The van der Waals surface area contributed by atoms with Gasteiger partial charge in [0.25, 0.3) is 0 Å². The fourth-order valence-electron chi connectivity index (χ4n) is 3.44. The Bertz CT molecular complexity index is 690. The molecule has 1 amide bonds. The first kappa shape index (κ1) is 17.4. The monoisotopic (exact) mass is 356 g/mol. The lowest BCUT2D eigenvalue weighted by molar-refractivity contribution is -0.132. The van der Waals surface area contributed by atoms with Gasteiger partial charge in [0, 0.05) is 26.2 Å². The minimum atomic E-state index is -3.65. The van der Waals surface area contributed by atoms with Crippen LogP contribution in [0, 0.1) is 13.8 Å². The number of aromatic nitrogens is 1. The number of rotatable bonds is 3. The molecule has 0 spiro atoms. The van der Waals surface area contributed by atoms with Crippen LogP contribution in [0.5, 0.6) is 0 Å². The second kappa shape index (κ2) is 6.81. The Morgan fingerprint density at radius 1 is 1.21 bits per heavy atom. The molecule has 0 aromatic carbocycles. The zero-order valence-electron chi connectivity index (χ0n) is 14.1. The highest BCUT2D eigenvalue weighted by Gasteiger charge is 2.34. The van der Waals surface area contributed by atoms with Gasteiger partial charge in [-0.25, -0.2) is 8.42 Å². The largest absolute Gasteiger partial charge is 0.360 e. The maximum Gasteiger partial charge on any atom is 0.248 e. The topological polar surface area (TPSA) is 95.8 Å². The number of nitrogens with one attached hydrogen (secondary N) is 1. The minimum absolute atomic E-state index is 0.0871. The molecule has 0 aliphatic carbocycles. The van der Waals surface area contributed by atoms with Gasteiger partial charge in [0.05, 0.1) is 6.04 Å². The van der Waals surface area contributed by atoms with Crippen molar-refractivity contribution >= 4 is 15.9 Å². The Labute approximate surface area is 142 Å². The number of carbonyl (C=O) groups excluding carboxylic acids is 1. The lowest BCUT2D eigenvalue weighted by atomic mass is 10.2. The predicted molar refractivity (Wildman–Crippen MR) is 87.0 cm³/mol. The van der Waals surface area contributed by atoms with Crippen molar-refractivity contribution in [3.63, 3.8) is 0 Å². The molecule has 3 rings (SSSR count).